The lowest BCUT2D eigenvalue weighted by molar-refractivity contribution is -0.384. The molecule has 1 saturated heterocycles. The van der Waals surface area contributed by atoms with Crippen LogP contribution in [0.1, 0.15) is 33.9 Å². The molecule has 0 aliphatic carbocycles. The summed E-state index contributed by atoms with van der Waals surface area (Å²) in [7, 11) is 0. The lowest BCUT2D eigenvalue weighted by Gasteiger charge is -2.22. The number of carbonyl (C=O) groups is 2. The number of hydrogen-bond acceptors (Lipinski definition) is 9. The number of aliphatic hydroxyl groups excluding tert-OH is 1. The van der Waals surface area contributed by atoms with Gasteiger partial charge in [-0.2, -0.15) is 0 Å². The molecule has 3 aromatic carbocycles. The first-order valence-corrected chi connectivity index (χ1v) is 13.8. The highest BCUT2D eigenvalue weighted by molar-refractivity contribution is 8.00. The van der Waals surface area contributed by atoms with Crippen molar-refractivity contribution in [1.82, 2.24) is 10.2 Å². The molecule has 1 aliphatic rings. The molecule has 5 rings (SSSR count). The number of rotatable bonds is 7. The van der Waals surface area contributed by atoms with E-state index < -0.39 is 22.7 Å². The quantitative estimate of drug-likeness (QED) is 0.0530. The highest BCUT2D eigenvalue weighted by Crippen LogP contribution is 2.44. The number of non-ortho nitro benzene ring substituents is 1. The first-order chi connectivity index (χ1) is 19.2. The summed E-state index contributed by atoms with van der Waals surface area (Å²) in [5.41, 5.74) is 2.44. The van der Waals surface area contributed by atoms with Gasteiger partial charge in [-0.1, -0.05) is 59.0 Å². The molecule has 9 nitrogen and oxygen atoms in total. The van der Waals surface area contributed by atoms with Gasteiger partial charge in [-0.25, -0.2) is 4.39 Å². The van der Waals surface area contributed by atoms with Gasteiger partial charge in [-0.3, -0.25) is 24.6 Å². The number of benzene rings is 3. The van der Waals surface area contributed by atoms with Crippen LogP contribution in [0.15, 0.2) is 76.6 Å². The van der Waals surface area contributed by atoms with E-state index in [4.69, 9.17) is 0 Å². The Bertz CT molecular complexity index is 1690. The number of ketones is 1. The molecule has 12 heteroatoms. The molecule has 1 fully saturated rings. The van der Waals surface area contributed by atoms with Crippen molar-refractivity contribution in [1.29, 1.82) is 0 Å². The van der Waals surface area contributed by atoms with E-state index in [9.17, 15) is 29.2 Å². The molecule has 0 radical (unpaired) electrons. The number of aliphatic hydroxyl groups is 1. The van der Waals surface area contributed by atoms with E-state index in [1.807, 2.05) is 13.0 Å². The summed E-state index contributed by atoms with van der Waals surface area (Å²) in [6.45, 7) is 3.61. The molecule has 1 N–H and O–H groups in total. The van der Waals surface area contributed by atoms with E-state index in [1.54, 1.807) is 37.3 Å². The zero-order chi connectivity index (χ0) is 28.6. The molecule has 0 bridgehead atoms. The lowest BCUT2D eigenvalue weighted by Crippen LogP contribution is -2.29. The number of Topliss-reactive ketones (excluding diaryl/α,β-unsaturated/α-hetero) is 1. The largest absolute Gasteiger partial charge is 0.507 e. The fourth-order valence-corrected chi connectivity index (χ4v) is 6.23. The van der Waals surface area contributed by atoms with Gasteiger partial charge in [-0.15, -0.1) is 10.2 Å². The summed E-state index contributed by atoms with van der Waals surface area (Å²) in [6.07, 6.45) is 0. The second kappa shape index (κ2) is 11.0. The number of halogens is 1. The van der Waals surface area contributed by atoms with Gasteiger partial charge in [0.05, 0.1) is 16.5 Å². The number of carbonyl (C=O) groups excluding carboxylic acids is 2. The van der Waals surface area contributed by atoms with Crippen LogP contribution in [0.5, 0.6) is 0 Å². The normalized spacial score (nSPS) is 16.5. The molecule has 0 spiro atoms. The van der Waals surface area contributed by atoms with Gasteiger partial charge in [0.25, 0.3) is 11.5 Å². The number of aromatic nitrogens is 2. The second-order valence-electron chi connectivity index (χ2n) is 9.07. The third-order valence-electron chi connectivity index (χ3n) is 6.42. The minimum absolute atomic E-state index is 0.0986. The molecule has 1 unspecified atom stereocenters. The third kappa shape index (κ3) is 5.10. The second-order valence-corrected chi connectivity index (χ2v) is 11.2. The number of anilines is 1. The van der Waals surface area contributed by atoms with Crippen LogP contribution in [0, 0.1) is 29.8 Å². The van der Waals surface area contributed by atoms with Gasteiger partial charge in [-0.05, 0) is 54.8 Å². The maximum atomic E-state index is 14.1. The summed E-state index contributed by atoms with van der Waals surface area (Å²) in [4.78, 5) is 38.6. The standard InChI is InChI=1S/C28H21FN4O5S2/c1-15-7-8-16(2)20(13-15)24(34)22-23(17-9-11-19(12-10-17)33(37)38)32(26(36)25(22)35)27-30-31-28(40-27)39-14-18-5-3-4-6-21(18)29/h3-13,23,34H,14H2,1-2H3. The number of aryl methyl sites for hydroxylation is 2. The Kier molecular flexibility index (Phi) is 7.46. The monoisotopic (exact) mass is 576 g/mol. The van der Waals surface area contributed by atoms with E-state index in [0.29, 0.717) is 26.6 Å². The highest BCUT2D eigenvalue weighted by Gasteiger charge is 2.48. The van der Waals surface area contributed by atoms with E-state index in [-0.39, 0.29) is 33.7 Å². The maximum absolute atomic E-state index is 14.1. The van der Waals surface area contributed by atoms with Crippen LogP contribution in [0.3, 0.4) is 0 Å². The van der Waals surface area contributed by atoms with E-state index in [1.165, 1.54) is 42.1 Å². The Labute approximate surface area is 236 Å². The van der Waals surface area contributed by atoms with Gasteiger partial charge in [0.2, 0.25) is 5.13 Å². The summed E-state index contributed by atoms with van der Waals surface area (Å²) < 4.78 is 14.5. The number of nitro benzene ring substituents is 1. The van der Waals surface area contributed by atoms with Gasteiger partial charge < -0.3 is 5.11 Å². The summed E-state index contributed by atoms with van der Waals surface area (Å²) in [5.74, 6) is -2.27. The predicted molar refractivity (Wildman–Crippen MR) is 150 cm³/mol. The number of thioether (sulfide) groups is 1. The number of amides is 1. The molecular weight excluding hydrogens is 555 g/mol. The zero-order valence-electron chi connectivity index (χ0n) is 21.2. The molecule has 1 aromatic heterocycles. The maximum Gasteiger partial charge on any atom is 0.301 e. The first kappa shape index (κ1) is 27.2. The van der Waals surface area contributed by atoms with Crippen LogP contribution in [0.2, 0.25) is 0 Å². The predicted octanol–water partition coefficient (Wildman–Crippen LogP) is 6.12. The van der Waals surface area contributed by atoms with E-state index in [2.05, 4.69) is 10.2 Å². The van der Waals surface area contributed by atoms with Crippen molar-refractivity contribution < 1.29 is 24.0 Å². The number of hydrogen-bond donors (Lipinski definition) is 1. The topological polar surface area (TPSA) is 127 Å². The molecule has 4 aromatic rings. The van der Waals surface area contributed by atoms with Crippen molar-refractivity contribution in [3.8, 4) is 0 Å². The molecule has 40 heavy (non-hydrogen) atoms. The Morgan fingerprint density at radius 2 is 1.82 bits per heavy atom. The third-order valence-corrected chi connectivity index (χ3v) is 8.53. The Hall–Kier alpha value is -4.42. The average Bonchev–Trinajstić information content (AvgIpc) is 3.51. The van der Waals surface area contributed by atoms with Gasteiger partial charge in [0, 0.05) is 23.4 Å². The molecular formula is C28H21FN4O5S2. The van der Waals surface area contributed by atoms with E-state index in [0.717, 1.165) is 21.8 Å². The molecule has 1 amide bonds. The Morgan fingerprint density at radius 1 is 1.10 bits per heavy atom. The smallest absolute Gasteiger partial charge is 0.301 e. The van der Waals surface area contributed by atoms with E-state index >= 15 is 0 Å². The minimum atomic E-state index is -1.11. The molecule has 0 saturated carbocycles. The summed E-state index contributed by atoms with van der Waals surface area (Å²) in [6, 6.07) is 16.0. The molecule has 1 aliphatic heterocycles. The van der Waals surface area contributed by atoms with Crippen LogP contribution in [0.25, 0.3) is 5.76 Å². The van der Waals surface area contributed by atoms with Crippen molar-refractivity contribution >= 4 is 51.4 Å². The summed E-state index contributed by atoms with van der Waals surface area (Å²) in [5, 5.41) is 31.0. The number of nitrogens with zero attached hydrogens (tertiary/aromatic N) is 4. The van der Waals surface area contributed by atoms with Crippen LogP contribution >= 0.6 is 23.1 Å². The van der Waals surface area contributed by atoms with Crippen molar-refractivity contribution in [2.45, 2.75) is 30.0 Å². The number of nitro groups is 1. The van der Waals surface area contributed by atoms with Gasteiger partial charge in [0.15, 0.2) is 4.34 Å². The fourth-order valence-electron chi connectivity index (χ4n) is 4.37. The molecule has 1 atom stereocenters. The van der Waals surface area contributed by atoms with Crippen LogP contribution < -0.4 is 4.90 Å². The molecule has 2 heterocycles. The van der Waals surface area contributed by atoms with Crippen LogP contribution in [0.4, 0.5) is 15.2 Å². The van der Waals surface area contributed by atoms with Crippen molar-refractivity contribution in [2.24, 2.45) is 0 Å². The minimum Gasteiger partial charge on any atom is -0.507 e. The average molecular weight is 577 g/mol. The van der Waals surface area contributed by atoms with Gasteiger partial charge >= 0.3 is 5.91 Å². The van der Waals surface area contributed by atoms with Crippen LogP contribution in [-0.2, 0) is 15.3 Å². The molecule has 202 valence electrons. The zero-order valence-corrected chi connectivity index (χ0v) is 22.8. The van der Waals surface area contributed by atoms with Gasteiger partial charge in [0.1, 0.15) is 11.6 Å². The highest BCUT2D eigenvalue weighted by atomic mass is 32.2. The Morgan fingerprint density at radius 3 is 2.52 bits per heavy atom. The van der Waals surface area contributed by atoms with Crippen LogP contribution in [-0.4, -0.2) is 31.9 Å². The fraction of sp³-hybridized carbons (Fsp3) is 0.143. The first-order valence-electron chi connectivity index (χ1n) is 12.0. The van der Waals surface area contributed by atoms with Crippen molar-refractivity contribution in [3.05, 3.63) is 116 Å². The lowest BCUT2D eigenvalue weighted by atomic mass is 9.93. The van der Waals surface area contributed by atoms with Crippen molar-refractivity contribution in [3.63, 3.8) is 0 Å². The van der Waals surface area contributed by atoms with Crippen molar-refractivity contribution in [2.75, 3.05) is 4.90 Å². The SMILES string of the molecule is Cc1ccc(C)c(C(O)=C2C(=O)C(=O)N(c3nnc(SCc4ccccc4F)s3)C2c2ccc([N+](=O)[O-])cc2)c1. The Balaban J connectivity index is 1.58. The summed E-state index contributed by atoms with van der Waals surface area (Å²) >= 11 is 2.27.